The minimum absolute atomic E-state index is 0.116. The average molecular weight is 281 g/mol. The smallest absolute Gasteiger partial charge is 0.0406 e. The molecule has 2 nitrogen and oxygen atoms in total. The number of nitrogens with zero attached hydrogens (tertiary/aromatic N) is 1. The van der Waals surface area contributed by atoms with Gasteiger partial charge < -0.3 is 10.6 Å². The molecule has 1 fully saturated rings. The van der Waals surface area contributed by atoms with Crippen LogP contribution >= 0.6 is 11.6 Å². The molecule has 0 aliphatic carbocycles. The maximum absolute atomic E-state index is 6.26. The summed E-state index contributed by atoms with van der Waals surface area (Å²) < 4.78 is 0. The molecule has 19 heavy (non-hydrogen) atoms. The third-order valence-corrected chi connectivity index (χ3v) is 4.25. The van der Waals surface area contributed by atoms with Crippen LogP contribution in [-0.2, 0) is 0 Å². The van der Waals surface area contributed by atoms with Crippen molar-refractivity contribution in [1.29, 1.82) is 0 Å². The lowest BCUT2D eigenvalue weighted by Gasteiger charge is -2.35. The largest absolute Gasteiger partial charge is 0.324 e. The molecule has 1 aromatic rings. The Morgan fingerprint density at radius 3 is 2.37 bits per heavy atom. The molecule has 1 aliphatic heterocycles. The fourth-order valence-electron chi connectivity index (χ4n) is 3.17. The van der Waals surface area contributed by atoms with Crippen molar-refractivity contribution >= 4 is 11.6 Å². The second-order valence-corrected chi connectivity index (χ2v) is 6.59. The Labute approximate surface area is 121 Å². The topological polar surface area (TPSA) is 29.3 Å². The number of hydrogen-bond acceptors (Lipinski definition) is 2. The van der Waals surface area contributed by atoms with Crippen molar-refractivity contribution in [3.05, 3.63) is 34.9 Å². The van der Waals surface area contributed by atoms with Gasteiger partial charge in [-0.1, -0.05) is 37.6 Å². The highest BCUT2D eigenvalue weighted by Gasteiger charge is 2.21. The Kier molecular flexibility index (Phi) is 5.26. The van der Waals surface area contributed by atoms with Gasteiger partial charge >= 0.3 is 0 Å². The molecule has 0 spiro atoms. The summed E-state index contributed by atoms with van der Waals surface area (Å²) in [6.45, 7) is 8.23. The Bertz CT molecular complexity index is 380. The van der Waals surface area contributed by atoms with Crippen molar-refractivity contribution in [2.75, 3.05) is 19.6 Å². The van der Waals surface area contributed by atoms with Gasteiger partial charge in [0.25, 0.3) is 0 Å². The SMILES string of the molecule is CC1CC(C)CN(CCC(N)c2ccc(Cl)cc2)C1. The zero-order valence-corrected chi connectivity index (χ0v) is 12.7. The first kappa shape index (κ1) is 14.8. The predicted octanol–water partition coefficient (Wildman–Crippen LogP) is 3.71. The lowest BCUT2D eigenvalue weighted by molar-refractivity contribution is 0.137. The van der Waals surface area contributed by atoms with E-state index in [0.29, 0.717) is 0 Å². The first-order chi connectivity index (χ1) is 9.04. The molecule has 0 saturated carbocycles. The van der Waals surface area contributed by atoms with Crippen molar-refractivity contribution in [1.82, 2.24) is 4.90 Å². The summed E-state index contributed by atoms with van der Waals surface area (Å²) in [4.78, 5) is 2.56. The minimum atomic E-state index is 0.116. The molecule has 3 unspecified atom stereocenters. The first-order valence-corrected chi connectivity index (χ1v) is 7.65. The van der Waals surface area contributed by atoms with E-state index in [-0.39, 0.29) is 6.04 Å². The van der Waals surface area contributed by atoms with Gasteiger partial charge in [-0.05, 0) is 48.9 Å². The van der Waals surface area contributed by atoms with Crippen LogP contribution in [0, 0.1) is 11.8 Å². The molecular formula is C16H25ClN2. The van der Waals surface area contributed by atoms with Crippen molar-refractivity contribution < 1.29 is 0 Å². The van der Waals surface area contributed by atoms with E-state index in [2.05, 4.69) is 18.7 Å². The van der Waals surface area contributed by atoms with Gasteiger partial charge in [0.2, 0.25) is 0 Å². The van der Waals surface area contributed by atoms with E-state index in [1.165, 1.54) is 25.1 Å². The minimum Gasteiger partial charge on any atom is -0.324 e. The molecule has 2 rings (SSSR count). The molecule has 0 aromatic heterocycles. The first-order valence-electron chi connectivity index (χ1n) is 7.28. The zero-order chi connectivity index (χ0) is 13.8. The lowest BCUT2D eigenvalue weighted by Crippen LogP contribution is -2.39. The molecule has 1 aromatic carbocycles. The van der Waals surface area contributed by atoms with Crippen LogP contribution in [-0.4, -0.2) is 24.5 Å². The van der Waals surface area contributed by atoms with Gasteiger partial charge in [-0.15, -0.1) is 0 Å². The molecule has 2 N–H and O–H groups in total. The molecule has 3 atom stereocenters. The maximum atomic E-state index is 6.26. The summed E-state index contributed by atoms with van der Waals surface area (Å²) in [5.74, 6) is 1.63. The van der Waals surface area contributed by atoms with Crippen molar-refractivity contribution in [2.24, 2.45) is 17.6 Å². The van der Waals surface area contributed by atoms with Crippen molar-refractivity contribution in [2.45, 2.75) is 32.7 Å². The van der Waals surface area contributed by atoms with Crippen LogP contribution in [0.5, 0.6) is 0 Å². The standard InChI is InChI=1S/C16H25ClN2/c1-12-9-13(2)11-19(10-12)8-7-16(18)14-3-5-15(17)6-4-14/h3-6,12-13,16H,7-11,18H2,1-2H3. The van der Waals surface area contributed by atoms with E-state index < -0.39 is 0 Å². The van der Waals surface area contributed by atoms with E-state index in [9.17, 15) is 0 Å². The fourth-order valence-corrected chi connectivity index (χ4v) is 3.30. The average Bonchev–Trinajstić information content (AvgIpc) is 2.36. The number of piperidine rings is 1. The summed E-state index contributed by atoms with van der Waals surface area (Å²) in [5, 5.41) is 0.773. The van der Waals surface area contributed by atoms with Crippen LogP contribution in [0.15, 0.2) is 24.3 Å². The van der Waals surface area contributed by atoms with Gasteiger partial charge in [0.15, 0.2) is 0 Å². The van der Waals surface area contributed by atoms with E-state index >= 15 is 0 Å². The number of nitrogens with two attached hydrogens (primary N) is 1. The summed E-state index contributed by atoms with van der Waals surface area (Å²) in [6.07, 6.45) is 2.38. The van der Waals surface area contributed by atoms with Gasteiger partial charge in [0, 0.05) is 24.2 Å². The number of hydrogen-bond donors (Lipinski definition) is 1. The summed E-state index contributed by atoms with van der Waals surface area (Å²) in [5.41, 5.74) is 7.44. The second-order valence-electron chi connectivity index (χ2n) is 6.15. The van der Waals surface area contributed by atoms with Gasteiger partial charge in [-0.2, -0.15) is 0 Å². The van der Waals surface area contributed by atoms with E-state index in [0.717, 1.165) is 29.8 Å². The van der Waals surface area contributed by atoms with Gasteiger partial charge in [0.05, 0.1) is 0 Å². The molecule has 1 aliphatic rings. The lowest BCUT2D eigenvalue weighted by atomic mass is 9.91. The van der Waals surface area contributed by atoms with Gasteiger partial charge in [-0.3, -0.25) is 0 Å². The van der Waals surface area contributed by atoms with E-state index in [4.69, 9.17) is 17.3 Å². The monoisotopic (exact) mass is 280 g/mol. The fraction of sp³-hybridized carbons (Fsp3) is 0.625. The predicted molar refractivity (Wildman–Crippen MR) is 82.4 cm³/mol. The quantitative estimate of drug-likeness (QED) is 0.911. The normalized spacial score (nSPS) is 26.3. The molecule has 1 heterocycles. The van der Waals surface area contributed by atoms with Crippen LogP contribution in [0.25, 0.3) is 0 Å². The number of likely N-dealkylation sites (tertiary alicyclic amines) is 1. The zero-order valence-electron chi connectivity index (χ0n) is 12.0. The Morgan fingerprint density at radius 1 is 1.21 bits per heavy atom. The highest BCUT2D eigenvalue weighted by molar-refractivity contribution is 6.30. The van der Waals surface area contributed by atoms with Gasteiger partial charge in [0.1, 0.15) is 0 Å². The summed E-state index contributed by atoms with van der Waals surface area (Å²) >= 11 is 5.90. The molecule has 3 heteroatoms. The third-order valence-electron chi connectivity index (χ3n) is 4.00. The molecule has 106 valence electrons. The number of rotatable bonds is 4. The van der Waals surface area contributed by atoms with Crippen LogP contribution in [0.2, 0.25) is 5.02 Å². The Morgan fingerprint density at radius 2 is 1.79 bits per heavy atom. The number of halogens is 1. The Balaban J connectivity index is 1.83. The third kappa shape index (κ3) is 4.48. The maximum Gasteiger partial charge on any atom is 0.0406 e. The Hall–Kier alpha value is -0.570. The summed E-state index contributed by atoms with van der Waals surface area (Å²) in [7, 11) is 0. The molecule has 0 bridgehead atoms. The van der Waals surface area contributed by atoms with Crippen molar-refractivity contribution in [3.63, 3.8) is 0 Å². The van der Waals surface area contributed by atoms with E-state index in [1.54, 1.807) is 0 Å². The van der Waals surface area contributed by atoms with Gasteiger partial charge in [-0.25, -0.2) is 0 Å². The molecule has 0 amide bonds. The number of benzene rings is 1. The highest BCUT2D eigenvalue weighted by Crippen LogP contribution is 2.23. The van der Waals surface area contributed by atoms with Crippen LogP contribution < -0.4 is 5.73 Å². The van der Waals surface area contributed by atoms with Crippen molar-refractivity contribution in [3.8, 4) is 0 Å². The van der Waals surface area contributed by atoms with Crippen LogP contribution in [0.1, 0.15) is 38.3 Å². The molecular weight excluding hydrogens is 256 g/mol. The highest BCUT2D eigenvalue weighted by atomic mass is 35.5. The molecule has 1 saturated heterocycles. The van der Waals surface area contributed by atoms with E-state index in [1.807, 2.05) is 24.3 Å². The van der Waals surface area contributed by atoms with Crippen LogP contribution in [0.3, 0.4) is 0 Å². The summed E-state index contributed by atoms with van der Waals surface area (Å²) in [6, 6.07) is 8.02. The molecule has 0 radical (unpaired) electrons. The second kappa shape index (κ2) is 6.74. The van der Waals surface area contributed by atoms with Crippen LogP contribution in [0.4, 0.5) is 0 Å².